The molecule has 0 N–H and O–H groups in total. The van der Waals surface area contributed by atoms with Gasteiger partial charge in [0.1, 0.15) is 4.32 Å². The first-order valence-electron chi connectivity index (χ1n) is 13.6. The Bertz CT molecular complexity index is 1260. The van der Waals surface area contributed by atoms with Crippen molar-refractivity contribution in [2.45, 2.75) is 45.6 Å². The SMILES string of the molecule is CCCOC(=O)C(c1ccccc1)N1C(=O)/C(=C\c2ccc(OCC(=O)N3CCCCC3)c(OCC)c2)SC1=S. The van der Waals surface area contributed by atoms with Crippen molar-refractivity contribution in [1.82, 2.24) is 9.80 Å². The number of hydrogen-bond donors (Lipinski definition) is 0. The number of amides is 2. The number of thioether (sulfide) groups is 1. The van der Waals surface area contributed by atoms with E-state index in [0.29, 0.717) is 40.6 Å². The van der Waals surface area contributed by atoms with Crippen LogP contribution in [-0.4, -0.2) is 64.8 Å². The molecule has 2 aliphatic heterocycles. The van der Waals surface area contributed by atoms with Crippen LogP contribution in [0.3, 0.4) is 0 Å². The number of carbonyl (C=O) groups is 3. The number of carbonyl (C=O) groups excluding carboxylic acids is 3. The van der Waals surface area contributed by atoms with E-state index in [0.717, 1.165) is 44.1 Å². The van der Waals surface area contributed by atoms with Gasteiger partial charge in [0, 0.05) is 13.1 Å². The molecule has 2 aromatic carbocycles. The largest absolute Gasteiger partial charge is 0.490 e. The number of thiocarbonyl (C=S) groups is 1. The van der Waals surface area contributed by atoms with E-state index in [1.54, 1.807) is 36.4 Å². The topological polar surface area (TPSA) is 85.4 Å². The van der Waals surface area contributed by atoms with E-state index in [1.807, 2.05) is 36.9 Å². The van der Waals surface area contributed by atoms with Crippen molar-refractivity contribution >= 4 is 52.2 Å². The standard InChI is InChI=1S/C30H34N2O6S2/c1-3-17-37-29(35)27(22-11-7-5-8-12-22)32-28(34)25(40-30(32)39)19-21-13-14-23(24(18-21)36-4-2)38-20-26(33)31-15-9-6-10-16-31/h5,7-8,11-14,18-19,27H,3-4,6,9-10,15-17,20H2,1-2H3/b25-19+. The van der Waals surface area contributed by atoms with Crippen molar-refractivity contribution in [3.63, 3.8) is 0 Å². The monoisotopic (exact) mass is 582 g/mol. The number of benzene rings is 2. The predicted octanol–water partition coefficient (Wildman–Crippen LogP) is 5.37. The van der Waals surface area contributed by atoms with Crippen LogP contribution in [0.2, 0.25) is 0 Å². The molecule has 2 fully saturated rings. The molecule has 2 amide bonds. The van der Waals surface area contributed by atoms with Crippen molar-refractivity contribution < 1.29 is 28.6 Å². The predicted molar refractivity (Wildman–Crippen MR) is 159 cm³/mol. The van der Waals surface area contributed by atoms with Gasteiger partial charge in [-0.05, 0) is 61.9 Å². The van der Waals surface area contributed by atoms with Gasteiger partial charge in [0.2, 0.25) is 0 Å². The molecule has 212 valence electrons. The molecule has 2 saturated heterocycles. The van der Waals surface area contributed by atoms with Gasteiger partial charge in [0.25, 0.3) is 11.8 Å². The average Bonchev–Trinajstić information content (AvgIpc) is 3.24. The minimum atomic E-state index is -0.974. The number of rotatable bonds is 11. The molecule has 0 radical (unpaired) electrons. The summed E-state index contributed by atoms with van der Waals surface area (Å²) >= 11 is 6.69. The third-order valence-electron chi connectivity index (χ3n) is 6.49. The summed E-state index contributed by atoms with van der Waals surface area (Å²) < 4.78 is 17.3. The van der Waals surface area contributed by atoms with Gasteiger partial charge in [-0.1, -0.05) is 67.3 Å². The molecule has 0 aromatic heterocycles. The zero-order valence-electron chi connectivity index (χ0n) is 22.8. The maximum atomic E-state index is 13.6. The number of piperidine rings is 1. The minimum absolute atomic E-state index is 0.0414. The summed E-state index contributed by atoms with van der Waals surface area (Å²) in [6.45, 7) is 5.89. The van der Waals surface area contributed by atoms with E-state index in [1.165, 1.54) is 4.90 Å². The molecule has 10 heteroatoms. The lowest BCUT2D eigenvalue weighted by Crippen LogP contribution is -2.38. The lowest BCUT2D eigenvalue weighted by molar-refractivity contribution is -0.151. The van der Waals surface area contributed by atoms with E-state index in [9.17, 15) is 14.4 Å². The summed E-state index contributed by atoms with van der Waals surface area (Å²) in [5, 5.41) is 0. The zero-order chi connectivity index (χ0) is 28.5. The van der Waals surface area contributed by atoms with Crippen molar-refractivity contribution in [3.8, 4) is 11.5 Å². The van der Waals surface area contributed by atoms with Gasteiger partial charge in [-0.2, -0.15) is 0 Å². The normalized spacial score (nSPS) is 17.2. The zero-order valence-corrected chi connectivity index (χ0v) is 24.4. The second-order valence-electron chi connectivity index (χ2n) is 9.40. The van der Waals surface area contributed by atoms with Crippen molar-refractivity contribution in [3.05, 3.63) is 64.6 Å². The molecular formula is C30H34N2O6S2. The Morgan fingerprint density at radius 2 is 1.77 bits per heavy atom. The van der Waals surface area contributed by atoms with E-state index in [4.69, 9.17) is 26.4 Å². The van der Waals surface area contributed by atoms with Crippen LogP contribution in [0.25, 0.3) is 6.08 Å². The summed E-state index contributed by atoms with van der Waals surface area (Å²) in [7, 11) is 0. The molecule has 1 unspecified atom stereocenters. The fourth-order valence-electron chi connectivity index (χ4n) is 4.54. The summed E-state index contributed by atoms with van der Waals surface area (Å²) in [5.41, 5.74) is 1.32. The molecule has 2 aliphatic rings. The van der Waals surface area contributed by atoms with Crippen LogP contribution in [0.15, 0.2) is 53.4 Å². The number of hydrogen-bond acceptors (Lipinski definition) is 8. The minimum Gasteiger partial charge on any atom is -0.490 e. The molecule has 0 saturated carbocycles. The number of esters is 1. The lowest BCUT2D eigenvalue weighted by atomic mass is 10.1. The van der Waals surface area contributed by atoms with E-state index in [2.05, 4.69) is 0 Å². The van der Waals surface area contributed by atoms with Gasteiger partial charge in [0.15, 0.2) is 24.1 Å². The molecule has 0 aliphatic carbocycles. The first-order chi connectivity index (χ1) is 19.4. The third kappa shape index (κ3) is 7.22. The van der Waals surface area contributed by atoms with Gasteiger partial charge in [-0.3, -0.25) is 14.5 Å². The van der Waals surface area contributed by atoms with Crippen molar-refractivity contribution in [2.75, 3.05) is 32.9 Å². The molecule has 2 heterocycles. The van der Waals surface area contributed by atoms with Gasteiger partial charge >= 0.3 is 5.97 Å². The van der Waals surface area contributed by atoms with Gasteiger partial charge < -0.3 is 19.1 Å². The smallest absolute Gasteiger partial charge is 0.333 e. The Labute approximate surface area is 244 Å². The Hall–Kier alpha value is -3.37. The molecule has 0 bridgehead atoms. The Kier molecular flexibility index (Phi) is 10.6. The van der Waals surface area contributed by atoms with Crippen LogP contribution in [0.5, 0.6) is 11.5 Å². The summed E-state index contributed by atoms with van der Waals surface area (Å²) in [4.78, 5) is 42.7. The van der Waals surface area contributed by atoms with Gasteiger partial charge in [-0.15, -0.1) is 0 Å². The third-order valence-corrected chi connectivity index (χ3v) is 7.82. The van der Waals surface area contributed by atoms with Crippen molar-refractivity contribution in [1.29, 1.82) is 0 Å². The fraction of sp³-hybridized carbons (Fsp3) is 0.400. The molecule has 4 rings (SSSR count). The maximum absolute atomic E-state index is 13.6. The lowest BCUT2D eigenvalue weighted by Gasteiger charge is -2.26. The Morgan fingerprint density at radius 3 is 2.48 bits per heavy atom. The first kappa shape index (κ1) is 29.6. The maximum Gasteiger partial charge on any atom is 0.333 e. The van der Waals surface area contributed by atoms with Crippen molar-refractivity contribution in [2.24, 2.45) is 0 Å². The quantitative estimate of drug-likeness (QED) is 0.199. The summed E-state index contributed by atoms with van der Waals surface area (Å²) in [6.07, 6.45) is 5.56. The second-order valence-corrected chi connectivity index (χ2v) is 11.1. The van der Waals surface area contributed by atoms with E-state index >= 15 is 0 Å². The molecule has 40 heavy (non-hydrogen) atoms. The fourth-order valence-corrected chi connectivity index (χ4v) is 5.85. The Balaban J connectivity index is 1.53. The molecule has 1 atom stereocenters. The van der Waals surface area contributed by atoms with Crippen LogP contribution in [0.1, 0.15) is 56.7 Å². The molecule has 2 aromatic rings. The highest BCUT2D eigenvalue weighted by molar-refractivity contribution is 8.26. The van der Waals surface area contributed by atoms with E-state index < -0.39 is 12.0 Å². The molecular weight excluding hydrogens is 548 g/mol. The van der Waals surface area contributed by atoms with Crippen LogP contribution in [0, 0.1) is 0 Å². The highest BCUT2D eigenvalue weighted by Gasteiger charge is 2.42. The van der Waals surface area contributed by atoms with Gasteiger partial charge in [0.05, 0.1) is 18.1 Å². The van der Waals surface area contributed by atoms with Crippen LogP contribution < -0.4 is 9.47 Å². The second kappa shape index (κ2) is 14.3. The van der Waals surface area contributed by atoms with Crippen LogP contribution >= 0.6 is 24.0 Å². The molecule has 0 spiro atoms. The summed E-state index contributed by atoms with van der Waals surface area (Å²) in [6, 6.07) is 13.3. The van der Waals surface area contributed by atoms with Crippen LogP contribution in [0.4, 0.5) is 0 Å². The van der Waals surface area contributed by atoms with Crippen LogP contribution in [-0.2, 0) is 19.1 Å². The number of nitrogens with zero attached hydrogens (tertiary/aromatic N) is 2. The highest BCUT2D eigenvalue weighted by Crippen LogP contribution is 2.39. The Morgan fingerprint density at radius 1 is 1.02 bits per heavy atom. The average molecular weight is 583 g/mol. The first-order valence-corrected chi connectivity index (χ1v) is 14.8. The van der Waals surface area contributed by atoms with E-state index in [-0.39, 0.29) is 29.3 Å². The number of likely N-dealkylation sites (tertiary alicyclic amines) is 1. The van der Waals surface area contributed by atoms with Gasteiger partial charge in [-0.25, -0.2) is 4.79 Å². The summed E-state index contributed by atoms with van der Waals surface area (Å²) in [5.74, 6) is -0.00363. The molecule has 8 nitrogen and oxygen atoms in total. The number of ether oxygens (including phenoxy) is 3. The highest BCUT2D eigenvalue weighted by atomic mass is 32.2.